The fraction of sp³-hybridized carbons (Fsp3) is 0.286. The van der Waals surface area contributed by atoms with Gasteiger partial charge in [-0.05, 0) is 30.7 Å². The van der Waals surface area contributed by atoms with Crippen molar-refractivity contribution in [1.82, 2.24) is 24.5 Å². The fourth-order valence-electron chi connectivity index (χ4n) is 3.50. The van der Waals surface area contributed by atoms with Gasteiger partial charge in [-0.3, -0.25) is 9.40 Å². The molecule has 0 fully saturated rings. The summed E-state index contributed by atoms with van der Waals surface area (Å²) in [7, 11) is 1.08. The molecule has 0 spiro atoms. The van der Waals surface area contributed by atoms with E-state index in [0.717, 1.165) is 10.9 Å². The topological polar surface area (TPSA) is 113 Å². The minimum Gasteiger partial charge on any atom is -0.381 e. The molecule has 11 heteroatoms. The van der Waals surface area contributed by atoms with Crippen LogP contribution in [-0.4, -0.2) is 53.8 Å². The molecule has 1 aromatic carbocycles. The maximum Gasteiger partial charge on any atom is 0.265 e. The Hall–Kier alpha value is -3.28. The van der Waals surface area contributed by atoms with E-state index in [4.69, 9.17) is 9.47 Å². The third-order valence-electron chi connectivity index (χ3n) is 5.34. The van der Waals surface area contributed by atoms with Crippen LogP contribution in [0.1, 0.15) is 12.5 Å². The van der Waals surface area contributed by atoms with Gasteiger partial charge in [0.1, 0.15) is 10.5 Å². The van der Waals surface area contributed by atoms with Crippen LogP contribution in [0.15, 0.2) is 60.0 Å². The molecular weight excluding hydrogens is 432 g/mol. The van der Waals surface area contributed by atoms with Crippen molar-refractivity contribution in [3.63, 3.8) is 0 Å². The normalized spacial score (nSPS) is 13.9. The number of hydrogen-bond donors (Lipinski definition) is 1. The zero-order valence-electron chi connectivity index (χ0n) is 18.2. The summed E-state index contributed by atoms with van der Waals surface area (Å²) in [6, 6.07) is 8.94. The second-order valence-corrected chi connectivity index (χ2v) is 9.19. The van der Waals surface area contributed by atoms with Crippen molar-refractivity contribution in [2.75, 3.05) is 25.5 Å². The third-order valence-corrected chi connectivity index (χ3v) is 6.66. The van der Waals surface area contributed by atoms with Gasteiger partial charge in [-0.2, -0.15) is 10.2 Å². The van der Waals surface area contributed by atoms with Crippen molar-refractivity contribution in [3.05, 3.63) is 60.7 Å². The standard InChI is InChI=1S/C21H24N6O4S/c1-21(31-4,14-30-3)16-8-9-22-19(10-16)27-13-17(12-24-27)32(28,29)25-18-7-5-6-15-11-23-26(2)20(15)18/h5-13,25H,14H2,1-4H3/t21-/m1/s1. The number of hydrogen-bond acceptors (Lipinski definition) is 7. The van der Waals surface area contributed by atoms with Crippen LogP contribution >= 0.6 is 0 Å². The molecule has 0 saturated carbocycles. The monoisotopic (exact) mass is 456 g/mol. The summed E-state index contributed by atoms with van der Waals surface area (Å²) in [6.07, 6.45) is 6.00. The average molecular weight is 457 g/mol. The first-order chi connectivity index (χ1) is 15.3. The summed E-state index contributed by atoms with van der Waals surface area (Å²) in [5.74, 6) is 0.456. The molecule has 4 aromatic rings. The van der Waals surface area contributed by atoms with E-state index in [-0.39, 0.29) is 4.90 Å². The third kappa shape index (κ3) is 3.97. The van der Waals surface area contributed by atoms with Crippen LogP contribution < -0.4 is 4.72 Å². The first kappa shape index (κ1) is 21.9. The van der Waals surface area contributed by atoms with Gasteiger partial charge in [-0.15, -0.1) is 0 Å². The van der Waals surface area contributed by atoms with E-state index in [9.17, 15) is 8.42 Å². The van der Waals surface area contributed by atoms with E-state index >= 15 is 0 Å². The molecule has 0 aliphatic rings. The van der Waals surface area contributed by atoms with E-state index < -0.39 is 15.6 Å². The molecule has 3 heterocycles. The van der Waals surface area contributed by atoms with Crippen molar-refractivity contribution < 1.29 is 17.9 Å². The van der Waals surface area contributed by atoms with E-state index in [1.807, 2.05) is 19.1 Å². The lowest BCUT2D eigenvalue weighted by atomic mass is 9.97. The Morgan fingerprint density at radius 1 is 1.16 bits per heavy atom. The molecule has 3 aromatic heterocycles. The number of rotatable bonds is 8. The number of aromatic nitrogens is 5. The molecule has 0 aliphatic carbocycles. The molecule has 168 valence electrons. The number of pyridine rings is 1. The maximum atomic E-state index is 13.0. The average Bonchev–Trinajstić information content (AvgIpc) is 3.42. The van der Waals surface area contributed by atoms with Gasteiger partial charge in [0.05, 0.1) is 36.4 Å². The Balaban J connectivity index is 1.65. The highest BCUT2D eigenvalue weighted by molar-refractivity contribution is 7.92. The molecule has 0 bridgehead atoms. The molecule has 4 rings (SSSR count). The van der Waals surface area contributed by atoms with Crippen molar-refractivity contribution in [2.24, 2.45) is 7.05 Å². The largest absolute Gasteiger partial charge is 0.381 e. The SMILES string of the molecule is COC[C@@](C)(OC)c1ccnc(-n2cc(S(=O)(=O)Nc3cccc4cnn(C)c34)cn2)c1. The first-order valence-electron chi connectivity index (χ1n) is 9.76. The van der Waals surface area contributed by atoms with Gasteiger partial charge in [-0.25, -0.2) is 18.1 Å². The van der Waals surface area contributed by atoms with Gasteiger partial charge in [0, 0.05) is 32.9 Å². The summed E-state index contributed by atoms with van der Waals surface area (Å²) < 4.78 is 42.6. The van der Waals surface area contributed by atoms with Crippen LogP contribution in [0.4, 0.5) is 5.69 Å². The highest BCUT2D eigenvalue weighted by Crippen LogP contribution is 2.27. The zero-order valence-corrected chi connectivity index (χ0v) is 19.0. The number of aryl methyl sites for hydroxylation is 1. The predicted molar refractivity (Wildman–Crippen MR) is 119 cm³/mol. The zero-order chi connectivity index (χ0) is 22.9. The smallest absolute Gasteiger partial charge is 0.265 e. The van der Waals surface area contributed by atoms with Crippen molar-refractivity contribution in [3.8, 4) is 5.82 Å². The lowest BCUT2D eigenvalue weighted by Gasteiger charge is -2.27. The van der Waals surface area contributed by atoms with Crippen molar-refractivity contribution >= 4 is 26.6 Å². The number of methoxy groups -OCH3 is 2. The summed E-state index contributed by atoms with van der Waals surface area (Å²) >= 11 is 0. The quantitative estimate of drug-likeness (QED) is 0.433. The highest BCUT2D eigenvalue weighted by Gasteiger charge is 2.27. The lowest BCUT2D eigenvalue weighted by molar-refractivity contribution is -0.0555. The number of ether oxygens (including phenoxy) is 2. The Labute approximate surface area is 185 Å². The van der Waals surface area contributed by atoms with Crippen LogP contribution in [0.25, 0.3) is 16.7 Å². The fourth-order valence-corrected chi connectivity index (χ4v) is 4.49. The number of fused-ring (bicyclic) bond motifs is 1. The summed E-state index contributed by atoms with van der Waals surface area (Å²) in [4.78, 5) is 4.33. The first-order valence-corrected chi connectivity index (χ1v) is 11.2. The highest BCUT2D eigenvalue weighted by atomic mass is 32.2. The summed E-state index contributed by atoms with van der Waals surface area (Å²) in [5.41, 5.74) is 1.27. The second kappa shape index (κ2) is 8.34. The van der Waals surface area contributed by atoms with E-state index in [0.29, 0.717) is 23.6 Å². The number of para-hydroxylation sites is 1. The predicted octanol–water partition coefficient (Wildman–Crippen LogP) is 2.46. The van der Waals surface area contributed by atoms with Crippen LogP contribution in [-0.2, 0) is 32.1 Å². The molecule has 0 unspecified atom stereocenters. The summed E-state index contributed by atoms with van der Waals surface area (Å²) in [5, 5.41) is 9.23. The number of sulfonamides is 1. The van der Waals surface area contributed by atoms with Gasteiger partial charge in [-0.1, -0.05) is 12.1 Å². The number of nitrogens with one attached hydrogen (secondary N) is 1. The number of anilines is 1. The van der Waals surface area contributed by atoms with Crippen LogP contribution in [0.3, 0.4) is 0 Å². The summed E-state index contributed by atoms with van der Waals surface area (Å²) in [6.45, 7) is 2.24. The van der Waals surface area contributed by atoms with Crippen LogP contribution in [0.2, 0.25) is 0 Å². The minimum atomic E-state index is -3.89. The molecule has 1 atom stereocenters. The molecule has 0 amide bonds. The second-order valence-electron chi connectivity index (χ2n) is 7.51. The van der Waals surface area contributed by atoms with E-state index in [1.54, 1.807) is 56.5 Å². The number of nitrogens with zero attached hydrogens (tertiary/aromatic N) is 5. The van der Waals surface area contributed by atoms with Gasteiger partial charge >= 0.3 is 0 Å². The number of benzene rings is 1. The molecule has 32 heavy (non-hydrogen) atoms. The van der Waals surface area contributed by atoms with Gasteiger partial charge in [0.2, 0.25) is 0 Å². The molecule has 10 nitrogen and oxygen atoms in total. The van der Waals surface area contributed by atoms with Gasteiger partial charge in [0.15, 0.2) is 5.82 Å². The van der Waals surface area contributed by atoms with Gasteiger partial charge < -0.3 is 9.47 Å². The Morgan fingerprint density at radius 3 is 2.72 bits per heavy atom. The van der Waals surface area contributed by atoms with E-state index in [1.165, 1.54) is 17.1 Å². The van der Waals surface area contributed by atoms with Gasteiger partial charge in [0.25, 0.3) is 10.0 Å². The van der Waals surface area contributed by atoms with Crippen molar-refractivity contribution in [2.45, 2.75) is 17.4 Å². The Kier molecular flexibility index (Phi) is 5.71. The minimum absolute atomic E-state index is 0.00951. The molecule has 0 radical (unpaired) electrons. The van der Waals surface area contributed by atoms with Crippen molar-refractivity contribution in [1.29, 1.82) is 0 Å². The maximum absolute atomic E-state index is 13.0. The Morgan fingerprint density at radius 2 is 1.97 bits per heavy atom. The molecular formula is C21H24N6O4S. The van der Waals surface area contributed by atoms with Crippen LogP contribution in [0, 0.1) is 0 Å². The van der Waals surface area contributed by atoms with E-state index in [2.05, 4.69) is 19.9 Å². The van der Waals surface area contributed by atoms with Crippen LogP contribution in [0.5, 0.6) is 0 Å². The molecule has 1 N–H and O–H groups in total. The Bertz CT molecular complexity index is 1360. The lowest BCUT2D eigenvalue weighted by Crippen LogP contribution is -2.30. The molecule has 0 saturated heterocycles. The molecule has 0 aliphatic heterocycles.